The van der Waals surface area contributed by atoms with Crippen molar-refractivity contribution in [2.24, 2.45) is 5.92 Å². The van der Waals surface area contributed by atoms with E-state index in [2.05, 4.69) is 16.3 Å². The minimum absolute atomic E-state index is 0.0780. The summed E-state index contributed by atoms with van der Waals surface area (Å²) >= 11 is 0. The Morgan fingerprint density at radius 1 is 1.55 bits per heavy atom. The third-order valence-electron chi connectivity index (χ3n) is 3.46. The maximum atomic E-state index is 12.0. The van der Waals surface area contributed by atoms with Crippen molar-refractivity contribution < 1.29 is 9.53 Å². The number of rotatable bonds is 5. The maximum absolute atomic E-state index is 12.0. The molecule has 2 rings (SSSR count). The van der Waals surface area contributed by atoms with Gasteiger partial charge in [-0.15, -0.1) is 0 Å². The minimum atomic E-state index is -0.0780. The molecule has 1 aliphatic heterocycles. The van der Waals surface area contributed by atoms with Gasteiger partial charge in [0.2, 0.25) is 5.91 Å². The van der Waals surface area contributed by atoms with Crippen molar-refractivity contribution in [2.45, 2.75) is 6.42 Å². The number of nitriles is 1. The van der Waals surface area contributed by atoms with E-state index >= 15 is 0 Å². The first-order valence-electron chi connectivity index (χ1n) is 6.73. The van der Waals surface area contributed by atoms with Crippen LogP contribution in [0.4, 0.5) is 5.69 Å². The molecule has 1 atom stereocenters. The Labute approximate surface area is 119 Å². The molecule has 1 aromatic rings. The lowest BCUT2D eigenvalue weighted by Gasteiger charge is -2.15. The molecule has 0 spiro atoms. The van der Waals surface area contributed by atoms with Crippen molar-refractivity contribution in [1.82, 2.24) is 4.90 Å². The lowest BCUT2D eigenvalue weighted by molar-refractivity contribution is -0.117. The Morgan fingerprint density at radius 2 is 2.35 bits per heavy atom. The van der Waals surface area contributed by atoms with Gasteiger partial charge >= 0.3 is 0 Å². The molecule has 0 aliphatic carbocycles. The van der Waals surface area contributed by atoms with Gasteiger partial charge in [0, 0.05) is 13.7 Å². The van der Waals surface area contributed by atoms with Crippen LogP contribution in [0.2, 0.25) is 0 Å². The minimum Gasteiger partial charge on any atom is -0.384 e. The number of benzene rings is 1. The molecule has 1 heterocycles. The number of ether oxygens (including phenoxy) is 1. The Hall–Kier alpha value is -1.90. The maximum Gasteiger partial charge on any atom is 0.238 e. The summed E-state index contributed by atoms with van der Waals surface area (Å²) < 4.78 is 5.14. The summed E-state index contributed by atoms with van der Waals surface area (Å²) in [6, 6.07) is 9.10. The van der Waals surface area contributed by atoms with Crippen LogP contribution in [0, 0.1) is 17.2 Å². The standard InChI is InChI=1S/C15H19N3O2/c1-20-11-12-6-7-18(9-12)10-15(19)17-14-5-3-2-4-13(14)8-16/h2-5,12H,6-7,9-11H2,1H3,(H,17,19). The van der Waals surface area contributed by atoms with Crippen molar-refractivity contribution in [3.8, 4) is 6.07 Å². The molecule has 5 nitrogen and oxygen atoms in total. The van der Waals surface area contributed by atoms with E-state index in [1.807, 2.05) is 0 Å². The topological polar surface area (TPSA) is 65.4 Å². The van der Waals surface area contributed by atoms with Gasteiger partial charge in [0.1, 0.15) is 6.07 Å². The molecule has 1 saturated heterocycles. The number of hydrogen-bond acceptors (Lipinski definition) is 4. The fourth-order valence-corrected chi connectivity index (χ4v) is 2.51. The summed E-state index contributed by atoms with van der Waals surface area (Å²) in [6.45, 7) is 2.91. The second-order valence-electron chi connectivity index (χ2n) is 5.05. The van der Waals surface area contributed by atoms with Gasteiger partial charge < -0.3 is 10.1 Å². The number of methoxy groups -OCH3 is 1. The van der Waals surface area contributed by atoms with Gasteiger partial charge in [0.25, 0.3) is 0 Å². The van der Waals surface area contributed by atoms with Gasteiger partial charge in [0.05, 0.1) is 24.4 Å². The summed E-state index contributed by atoms with van der Waals surface area (Å²) in [4.78, 5) is 14.1. The molecule has 1 aromatic carbocycles. The summed E-state index contributed by atoms with van der Waals surface area (Å²) in [6.07, 6.45) is 1.07. The Morgan fingerprint density at radius 3 is 3.10 bits per heavy atom. The number of carbonyl (C=O) groups excluding carboxylic acids is 1. The zero-order valence-corrected chi connectivity index (χ0v) is 11.6. The van der Waals surface area contributed by atoms with Crippen molar-refractivity contribution in [1.29, 1.82) is 5.26 Å². The number of nitrogens with one attached hydrogen (secondary N) is 1. The highest BCUT2D eigenvalue weighted by atomic mass is 16.5. The van der Waals surface area contributed by atoms with Crippen LogP contribution in [0.1, 0.15) is 12.0 Å². The van der Waals surface area contributed by atoms with Crippen LogP contribution in [0.3, 0.4) is 0 Å². The van der Waals surface area contributed by atoms with E-state index in [4.69, 9.17) is 10.00 Å². The molecule has 0 saturated carbocycles. The number of likely N-dealkylation sites (tertiary alicyclic amines) is 1. The Balaban J connectivity index is 1.86. The first-order chi connectivity index (χ1) is 9.72. The van der Waals surface area contributed by atoms with E-state index in [0.717, 1.165) is 26.1 Å². The molecular formula is C15H19N3O2. The summed E-state index contributed by atoms with van der Waals surface area (Å²) in [5.74, 6) is 0.435. The largest absolute Gasteiger partial charge is 0.384 e. The van der Waals surface area contributed by atoms with Crippen molar-refractivity contribution >= 4 is 11.6 Å². The van der Waals surface area contributed by atoms with Crippen molar-refractivity contribution in [2.75, 3.05) is 38.7 Å². The van der Waals surface area contributed by atoms with Crippen LogP contribution in [0.25, 0.3) is 0 Å². The van der Waals surface area contributed by atoms with E-state index in [-0.39, 0.29) is 5.91 Å². The number of para-hydroxylation sites is 1. The van der Waals surface area contributed by atoms with Crippen LogP contribution < -0.4 is 5.32 Å². The van der Waals surface area contributed by atoms with E-state index in [1.165, 1.54) is 0 Å². The second kappa shape index (κ2) is 7.04. The molecule has 0 bridgehead atoms. The summed E-state index contributed by atoms with van der Waals surface area (Å²) in [5.41, 5.74) is 1.06. The zero-order chi connectivity index (χ0) is 14.4. The predicted molar refractivity (Wildman–Crippen MR) is 76.2 cm³/mol. The monoisotopic (exact) mass is 273 g/mol. The molecule has 0 radical (unpaired) electrons. The van der Waals surface area contributed by atoms with Gasteiger partial charge in [-0.05, 0) is 31.0 Å². The SMILES string of the molecule is COCC1CCN(CC(=O)Nc2ccccc2C#N)C1. The van der Waals surface area contributed by atoms with Crippen LogP contribution in [-0.2, 0) is 9.53 Å². The molecule has 1 fully saturated rings. The van der Waals surface area contributed by atoms with Crippen LogP contribution in [0.15, 0.2) is 24.3 Å². The van der Waals surface area contributed by atoms with Crippen molar-refractivity contribution in [3.05, 3.63) is 29.8 Å². The Bertz CT molecular complexity index is 510. The molecule has 20 heavy (non-hydrogen) atoms. The first kappa shape index (κ1) is 14.5. The summed E-state index contributed by atoms with van der Waals surface area (Å²) in [7, 11) is 1.70. The number of nitrogens with zero attached hydrogens (tertiary/aromatic N) is 2. The average Bonchev–Trinajstić information content (AvgIpc) is 2.87. The molecule has 1 N–H and O–H groups in total. The third-order valence-corrected chi connectivity index (χ3v) is 3.46. The van der Waals surface area contributed by atoms with E-state index in [9.17, 15) is 4.79 Å². The third kappa shape index (κ3) is 3.80. The zero-order valence-electron chi connectivity index (χ0n) is 11.6. The summed E-state index contributed by atoms with van der Waals surface area (Å²) in [5, 5.41) is 11.8. The molecule has 0 aromatic heterocycles. The fourth-order valence-electron chi connectivity index (χ4n) is 2.51. The Kier molecular flexibility index (Phi) is 5.10. The normalized spacial score (nSPS) is 18.7. The average molecular weight is 273 g/mol. The smallest absolute Gasteiger partial charge is 0.238 e. The molecule has 1 aliphatic rings. The lowest BCUT2D eigenvalue weighted by Crippen LogP contribution is -2.32. The van der Waals surface area contributed by atoms with Crippen LogP contribution >= 0.6 is 0 Å². The molecule has 106 valence electrons. The van der Waals surface area contributed by atoms with Gasteiger partial charge in [-0.2, -0.15) is 5.26 Å². The van der Waals surface area contributed by atoms with Crippen LogP contribution in [0.5, 0.6) is 0 Å². The quantitative estimate of drug-likeness (QED) is 0.882. The molecule has 1 amide bonds. The highest BCUT2D eigenvalue weighted by Crippen LogP contribution is 2.17. The van der Waals surface area contributed by atoms with Crippen molar-refractivity contribution in [3.63, 3.8) is 0 Å². The number of carbonyl (C=O) groups is 1. The van der Waals surface area contributed by atoms with Gasteiger partial charge in [-0.1, -0.05) is 12.1 Å². The number of anilines is 1. The highest BCUT2D eigenvalue weighted by Gasteiger charge is 2.23. The van der Waals surface area contributed by atoms with E-state index in [1.54, 1.807) is 31.4 Å². The highest BCUT2D eigenvalue weighted by molar-refractivity contribution is 5.93. The first-order valence-corrected chi connectivity index (χ1v) is 6.73. The van der Waals surface area contributed by atoms with Crippen LogP contribution in [-0.4, -0.2) is 44.2 Å². The molecular weight excluding hydrogens is 254 g/mol. The van der Waals surface area contributed by atoms with E-state index in [0.29, 0.717) is 23.7 Å². The van der Waals surface area contributed by atoms with E-state index < -0.39 is 0 Å². The second-order valence-corrected chi connectivity index (χ2v) is 5.05. The predicted octanol–water partition coefficient (Wildman–Crippen LogP) is 1.47. The molecule has 5 heteroatoms. The van der Waals surface area contributed by atoms with Gasteiger partial charge in [-0.25, -0.2) is 0 Å². The van der Waals surface area contributed by atoms with Gasteiger partial charge in [-0.3, -0.25) is 9.69 Å². The molecule has 1 unspecified atom stereocenters. The number of hydrogen-bond donors (Lipinski definition) is 1. The lowest BCUT2D eigenvalue weighted by atomic mass is 10.1. The number of amides is 1. The van der Waals surface area contributed by atoms with Gasteiger partial charge in [0.15, 0.2) is 0 Å². The fraction of sp³-hybridized carbons (Fsp3) is 0.467.